The zero-order chi connectivity index (χ0) is 14.7. The number of benzene rings is 1. The van der Waals surface area contributed by atoms with E-state index in [0.717, 1.165) is 18.2 Å². The summed E-state index contributed by atoms with van der Waals surface area (Å²) in [7, 11) is 0. The molecule has 0 aromatic heterocycles. The van der Waals surface area contributed by atoms with Crippen LogP contribution < -0.4 is 5.73 Å². The first-order chi connectivity index (χ1) is 10.3. The molecule has 112 valence electrons. The van der Waals surface area contributed by atoms with E-state index in [1.165, 1.54) is 38.0 Å². The Morgan fingerprint density at radius 3 is 3.00 bits per heavy atom. The molecule has 0 radical (unpaired) electrons. The van der Waals surface area contributed by atoms with Crippen molar-refractivity contribution in [2.45, 2.75) is 38.4 Å². The monoisotopic (exact) mass is 283 g/mol. The van der Waals surface area contributed by atoms with Crippen LogP contribution in [0.15, 0.2) is 24.3 Å². The fraction of sp³-hybridized carbons (Fsp3) is 0.556. The van der Waals surface area contributed by atoms with Crippen LogP contribution in [0.3, 0.4) is 0 Å². The molecule has 2 saturated heterocycles. The van der Waals surface area contributed by atoms with E-state index in [0.29, 0.717) is 12.6 Å². The Balaban J connectivity index is 1.74. The molecule has 1 aromatic rings. The molecule has 0 bridgehead atoms. The summed E-state index contributed by atoms with van der Waals surface area (Å²) >= 11 is 0. The van der Waals surface area contributed by atoms with Gasteiger partial charge in [-0.05, 0) is 37.9 Å². The summed E-state index contributed by atoms with van der Waals surface area (Å²) in [5, 5.41) is 0. The van der Waals surface area contributed by atoms with Gasteiger partial charge in [0.25, 0.3) is 0 Å². The summed E-state index contributed by atoms with van der Waals surface area (Å²) in [6, 6.07) is 9.86. The van der Waals surface area contributed by atoms with Gasteiger partial charge in [0.05, 0.1) is 6.54 Å². The second-order valence-electron chi connectivity index (χ2n) is 6.23. The Labute approximate surface area is 128 Å². The van der Waals surface area contributed by atoms with Crippen molar-refractivity contribution in [2.75, 3.05) is 26.2 Å². The predicted molar refractivity (Wildman–Crippen MR) is 86.8 cm³/mol. The van der Waals surface area contributed by atoms with Crippen molar-refractivity contribution < 1.29 is 0 Å². The van der Waals surface area contributed by atoms with Gasteiger partial charge in [-0.25, -0.2) is 0 Å². The quantitative estimate of drug-likeness (QED) is 0.838. The first-order valence-corrected chi connectivity index (χ1v) is 8.03. The molecular weight excluding hydrogens is 258 g/mol. The lowest BCUT2D eigenvalue weighted by Gasteiger charge is -2.42. The smallest absolute Gasteiger partial charge is 0.0555 e. The summed E-state index contributed by atoms with van der Waals surface area (Å²) in [6.07, 6.45) is 2.72. The number of nitrogens with two attached hydrogens (primary N) is 1. The molecule has 3 rings (SSSR count). The van der Waals surface area contributed by atoms with Crippen LogP contribution >= 0.6 is 0 Å². The van der Waals surface area contributed by atoms with Gasteiger partial charge >= 0.3 is 0 Å². The Morgan fingerprint density at radius 2 is 2.14 bits per heavy atom. The maximum absolute atomic E-state index is 5.50. The topological polar surface area (TPSA) is 32.5 Å². The molecule has 1 aromatic carbocycles. The first-order valence-electron chi connectivity index (χ1n) is 8.03. The van der Waals surface area contributed by atoms with E-state index >= 15 is 0 Å². The zero-order valence-corrected chi connectivity index (χ0v) is 12.9. The molecule has 2 unspecified atom stereocenters. The first kappa shape index (κ1) is 14.6. The van der Waals surface area contributed by atoms with Gasteiger partial charge in [0.1, 0.15) is 0 Å². The zero-order valence-electron chi connectivity index (χ0n) is 12.9. The molecule has 2 fully saturated rings. The van der Waals surface area contributed by atoms with Gasteiger partial charge in [0.2, 0.25) is 0 Å². The van der Waals surface area contributed by atoms with Gasteiger partial charge in [-0.1, -0.05) is 30.0 Å². The Morgan fingerprint density at radius 1 is 1.29 bits per heavy atom. The molecule has 0 saturated carbocycles. The predicted octanol–water partition coefficient (Wildman–Crippen LogP) is 1.67. The SMILES string of the molecule is CC1CN2CCCC2CN1Cc1ccccc1C#CCN. The van der Waals surface area contributed by atoms with E-state index in [1.807, 2.05) is 0 Å². The molecule has 3 nitrogen and oxygen atoms in total. The highest BCUT2D eigenvalue weighted by Gasteiger charge is 2.34. The number of rotatable bonds is 2. The van der Waals surface area contributed by atoms with Crippen LogP contribution in [0.1, 0.15) is 30.9 Å². The summed E-state index contributed by atoms with van der Waals surface area (Å²) in [6.45, 7) is 7.47. The van der Waals surface area contributed by atoms with E-state index in [4.69, 9.17) is 5.73 Å². The highest BCUT2D eigenvalue weighted by molar-refractivity contribution is 5.41. The van der Waals surface area contributed by atoms with Crippen molar-refractivity contribution in [3.05, 3.63) is 35.4 Å². The molecule has 2 aliphatic rings. The number of hydrogen-bond acceptors (Lipinski definition) is 3. The molecule has 0 aliphatic carbocycles. The average molecular weight is 283 g/mol. The molecule has 2 N–H and O–H groups in total. The van der Waals surface area contributed by atoms with Crippen LogP contribution in [0.2, 0.25) is 0 Å². The molecular formula is C18H25N3. The van der Waals surface area contributed by atoms with Gasteiger partial charge in [-0.2, -0.15) is 0 Å². The second kappa shape index (κ2) is 6.62. The van der Waals surface area contributed by atoms with E-state index in [1.54, 1.807) is 0 Å². The van der Waals surface area contributed by atoms with Gasteiger partial charge in [0, 0.05) is 37.3 Å². The standard InChI is InChI=1S/C18H25N3/c1-15-12-20-11-5-9-18(20)14-21(15)13-17-7-3-2-6-16(17)8-4-10-19/h2-3,6-7,15,18H,5,9-14,19H2,1H3. The molecule has 0 spiro atoms. The average Bonchev–Trinajstić information content (AvgIpc) is 2.94. The van der Waals surface area contributed by atoms with Crippen LogP contribution in [0.4, 0.5) is 0 Å². The number of hydrogen-bond donors (Lipinski definition) is 1. The van der Waals surface area contributed by atoms with Crippen LogP contribution in [0, 0.1) is 11.8 Å². The molecule has 2 heterocycles. The van der Waals surface area contributed by atoms with Gasteiger partial charge in [-0.3, -0.25) is 9.80 Å². The lowest BCUT2D eigenvalue weighted by atomic mass is 10.0. The van der Waals surface area contributed by atoms with Crippen molar-refractivity contribution in [1.29, 1.82) is 0 Å². The third-order valence-electron chi connectivity index (χ3n) is 4.78. The minimum Gasteiger partial charge on any atom is -0.320 e. The summed E-state index contributed by atoms with van der Waals surface area (Å²) in [4.78, 5) is 5.29. The molecule has 2 aliphatic heterocycles. The lowest BCUT2D eigenvalue weighted by molar-refractivity contribution is 0.0540. The van der Waals surface area contributed by atoms with Crippen molar-refractivity contribution in [2.24, 2.45) is 5.73 Å². The van der Waals surface area contributed by atoms with Crippen molar-refractivity contribution >= 4 is 0 Å². The maximum Gasteiger partial charge on any atom is 0.0555 e. The number of fused-ring (bicyclic) bond motifs is 1. The Bertz CT molecular complexity index is 543. The van der Waals surface area contributed by atoms with E-state index < -0.39 is 0 Å². The molecule has 2 atom stereocenters. The Kier molecular flexibility index (Phi) is 4.60. The number of nitrogens with zero attached hydrogens (tertiary/aromatic N) is 2. The summed E-state index contributed by atoms with van der Waals surface area (Å²) in [5.41, 5.74) is 7.96. The third kappa shape index (κ3) is 3.29. The normalized spacial score (nSPS) is 26.2. The van der Waals surface area contributed by atoms with Crippen molar-refractivity contribution in [3.63, 3.8) is 0 Å². The van der Waals surface area contributed by atoms with E-state index in [2.05, 4.69) is 52.8 Å². The van der Waals surface area contributed by atoms with Crippen LogP contribution in [-0.2, 0) is 6.54 Å². The fourth-order valence-corrected chi connectivity index (χ4v) is 3.61. The lowest BCUT2D eigenvalue weighted by Crippen LogP contribution is -2.54. The second-order valence-corrected chi connectivity index (χ2v) is 6.23. The van der Waals surface area contributed by atoms with Gasteiger partial charge in [0.15, 0.2) is 0 Å². The Hall–Kier alpha value is -1.34. The molecule has 3 heteroatoms. The van der Waals surface area contributed by atoms with Crippen molar-refractivity contribution in [1.82, 2.24) is 9.80 Å². The minimum absolute atomic E-state index is 0.422. The van der Waals surface area contributed by atoms with Crippen LogP contribution in [0.5, 0.6) is 0 Å². The van der Waals surface area contributed by atoms with E-state index in [9.17, 15) is 0 Å². The largest absolute Gasteiger partial charge is 0.320 e. The summed E-state index contributed by atoms with van der Waals surface area (Å²) in [5.74, 6) is 6.19. The van der Waals surface area contributed by atoms with E-state index in [-0.39, 0.29) is 0 Å². The highest BCUT2D eigenvalue weighted by atomic mass is 15.3. The van der Waals surface area contributed by atoms with Crippen molar-refractivity contribution in [3.8, 4) is 11.8 Å². The van der Waals surface area contributed by atoms with Gasteiger partial charge in [-0.15, -0.1) is 0 Å². The van der Waals surface area contributed by atoms with Crippen LogP contribution in [-0.4, -0.2) is 48.1 Å². The summed E-state index contributed by atoms with van der Waals surface area (Å²) < 4.78 is 0. The third-order valence-corrected chi connectivity index (χ3v) is 4.78. The molecule has 0 amide bonds. The minimum atomic E-state index is 0.422. The maximum atomic E-state index is 5.50. The van der Waals surface area contributed by atoms with Gasteiger partial charge < -0.3 is 5.73 Å². The fourth-order valence-electron chi connectivity index (χ4n) is 3.61. The van der Waals surface area contributed by atoms with Crippen LogP contribution in [0.25, 0.3) is 0 Å². The number of piperazine rings is 1. The molecule has 21 heavy (non-hydrogen) atoms. The highest BCUT2D eigenvalue weighted by Crippen LogP contribution is 2.26.